The van der Waals surface area contributed by atoms with Gasteiger partial charge in [-0.05, 0) is 12.8 Å². The van der Waals surface area contributed by atoms with E-state index in [2.05, 4.69) is 4.74 Å². The molecule has 0 bridgehead atoms. The Bertz CT molecular complexity index is 290. The highest BCUT2D eigenvalue weighted by Gasteiger charge is 2.57. The number of ketones is 1. The van der Waals surface area contributed by atoms with Crippen molar-refractivity contribution >= 4 is 11.8 Å². The summed E-state index contributed by atoms with van der Waals surface area (Å²) in [5.74, 6) is -3.03. The molecule has 0 aromatic carbocycles. The van der Waals surface area contributed by atoms with Crippen LogP contribution in [-0.2, 0) is 14.3 Å². The van der Waals surface area contributed by atoms with Gasteiger partial charge in [-0.15, -0.1) is 0 Å². The first-order valence-electron chi connectivity index (χ1n) is 5.04. The normalized spacial score (nSPS) is 20.2. The fourth-order valence-electron chi connectivity index (χ4n) is 2.15. The second-order valence-corrected chi connectivity index (χ2v) is 3.96. The Balaban J connectivity index is 3.04. The Kier molecular flexibility index (Phi) is 3.60. The lowest BCUT2D eigenvalue weighted by atomic mass is 9.71. The minimum absolute atomic E-state index is 0.0714. The number of methoxy groups -OCH3 is 1. The molecule has 92 valence electrons. The molecule has 0 unspecified atom stereocenters. The molecule has 0 saturated heterocycles. The lowest BCUT2D eigenvalue weighted by Crippen LogP contribution is -2.48. The second-order valence-electron chi connectivity index (χ2n) is 3.96. The summed E-state index contributed by atoms with van der Waals surface area (Å²) < 4.78 is 41.6. The molecular formula is C10H13F3O3. The zero-order valence-electron chi connectivity index (χ0n) is 8.89. The molecule has 3 nitrogen and oxygen atoms in total. The fraction of sp³-hybridized carbons (Fsp3) is 0.800. The summed E-state index contributed by atoms with van der Waals surface area (Å²) in [4.78, 5) is 22.8. The number of hydrogen-bond acceptors (Lipinski definition) is 3. The van der Waals surface area contributed by atoms with Gasteiger partial charge >= 0.3 is 12.1 Å². The number of carbonyl (C=O) groups is 2. The van der Waals surface area contributed by atoms with E-state index in [9.17, 15) is 22.8 Å². The number of esters is 1. The van der Waals surface area contributed by atoms with Gasteiger partial charge in [-0.3, -0.25) is 9.59 Å². The molecule has 0 spiro atoms. The van der Waals surface area contributed by atoms with Crippen LogP contribution in [0.4, 0.5) is 13.2 Å². The average Bonchev–Trinajstić information content (AvgIpc) is 2.26. The van der Waals surface area contributed by atoms with Crippen molar-refractivity contribution in [3.05, 3.63) is 0 Å². The summed E-state index contributed by atoms with van der Waals surface area (Å²) in [6, 6.07) is 0. The van der Waals surface area contributed by atoms with Crippen LogP contribution in [-0.4, -0.2) is 25.0 Å². The van der Waals surface area contributed by atoms with Crippen molar-refractivity contribution < 1.29 is 27.5 Å². The van der Waals surface area contributed by atoms with E-state index in [1.807, 2.05) is 0 Å². The van der Waals surface area contributed by atoms with Crippen LogP contribution in [0.2, 0.25) is 0 Å². The Hall–Kier alpha value is -1.07. The van der Waals surface area contributed by atoms with Gasteiger partial charge in [-0.1, -0.05) is 19.3 Å². The molecule has 0 heterocycles. The minimum Gasteiger partial charge on any atom is -0.468 e. The van der Waals surface area contributed by atoms with Crippen molar-refractivity contribution in [3.63, 3.8) is 0 Å². The van der Waals surface area contributed by atoms with Gasteiger partial charge in [0.15, 0.2) is 0 Å². The number of halogens is 3. The van der Waals surface area contributed by atoms with Gasteiger partial charge in [0.2, 0.25) is 0 Å². The molecule has 6 heteroatoms. The van der Waals surface area contributed by atoms with Gasteiger partial charge in [-0.2, -0.15) is 13.2 Å². The third kappa shape index (κ3) is 2.20. The van der Waals surface area contributed by atoms with E-state index in [1.165, 1.54) is 0 Å². The van der Waals surface area contributed by atoms with Gasteiger partial charge in [0.25, 0.3) is 5.78 Å². The highest BCUT2D eigenvalue weighted by atomic mass is 19.4. The standard InChI is InChI=1S/C10H13F3O3/c1-16-8(15)9(5-3-2-4-6-9)7(14)10(11,12)13/h2-6H2,1H3. The summed E-state index contributed by atoms with van der Waals surface area (Å²) in [5, 5.41) is 0. The summed E-state index contributed by atoms with van der Waals surface area (Å²) >= 11 is 0. The van der Waals surface area contributed by atoms with Crippen molar-refractivity contribution in [1.29, 1.82) is 0 Å². The Labute approximate surface area is 91.0 Å². The Morgan fingerprint density at radius 2 is 1.62 bits per heavy atom. The number of rotatable bonds is 2. The number of alkyl halides is 3. The van der Waals surface area contributed by atoms with E-state index in [-0.39, 0.29) is 12.8 Å². The zero-order valence-corrected chi connectivity index (χ0v) is 8.89. The van der Waals surface area contributed by atoms with Crippen LogP contribution in [0.25, 0.3) is 0 Å². The van der Waals surface area contributed by atoms with E-state index >= 15 is 0 Å². The van der Waals surface area contributed by atoms with Crippen LogP contribution in [0, 0.1) is 5.41 Å². The van der Waals surface area contributed by atoms with Gasteiger partial charge in [0.05, 0.1) is 7.11 Å². The molecule has 16 heavy (non-hydrogen) atoms. The third-order valence-electron chi connectivity index (χ3n) is 2.98. The molecule has 0 amide bonds. The largest absolute Gasteiger partial charge is 0.468 e. The van der Waals surface area contributed by atoms with E-state index in [1.54, 1.807) is 0 Å². The maximum absolute atomic E-state index is 12.4. The van der Waals surface area contributed by atoms with Gasteiger partial charge in [-0.25, -0.2) is 0 Å². The monoisotopic (exact) mass is 238 g/mol. The SMILES string of the molecule is COC(=O)C1(C(=O)C(F)(F)F)CCCCC1. The van der Waals surface area contributed by atoms with Crippen molar-refractivity contribution in [2.24, 2.45) is 5.41 Å². The van der Waals surface area contributed by atoms with Crippen LogP contribution < -0.4 is 0 Å². The smallest absolute Gasteiger partial charge is 0.451 e. The van der Waals surface area contributed by atoms with E-state index < -0.39 is 23.3 Å². The average molecular weight is 238 g/mol. The Morgan fingerprint density at radius 3 is 2.00 bits per heavy atom. The first-order valence-corrected chi connectivity index (χ1v) is 5.04. The van der Waals surface area contributed by atoms with Crippen LogP contribution >= 0.6 is 0 Å². The predicted octanol–water partition coefficient (Wildman–Crippen LogP) is 2.24. The summed E-state index contributed by atoms with van der Waals surface area (Å²) in [7, 11) is 1.00. The zero-order chi connectivity index (χ0) is 12.4. The van der Waals surface area contributed by atoms with Crippen molar-refractivity contribution in [1.82, 2.24) is 0 Å². The highest BCUT2D eigenvalue weighted by Crippen LogP contribution is 2.42. The van der Waals surface area contributed by atoms with E-state index in [4.69, 9.17) is 0 Å². The topological polar surface area (TPSA) is 43.4 Å². The molecule has 1 rings (SSSR count). The lowest BCUT2D eigenvalue weighted by Gasteiger charge is -2.33. The maximum Gasteiger partial charge on any atom is 0.451 e. The van der Waals surface area contributed by atoms with E-state index in [0.29, 0.717) is 12.8 Å². The van der Waals surface area contributed by atoms with Crippen LogP contribution in [0.1, 0.15) is 32.1 Å². The van der Waals surface area contributed by atoms with Gasteiger partial charge in [0.1, 0.15) is 5.41 Å². The molecule has 0 aromatic heterocycles. The van der Waals surface area contributed by atoms with Crippen molar-refractivity contribution in [2.45, 2.75) is 38.3 Å². The van der Waals surface area contributed by atoms with Crippen LogP contribution in [0.5, 0.6) is 0 Å². The lowest BCUT2D eigenvalue weighted by molar-refractivity contribution is -0.191. The summed E-state index contributed by atoms with van der Waals surface area (Å²) in [5.41, 5.74) is -1.99. The van der Waals surface area contributed by atoms with Crippen LogP contribution in [0.15, 0.2) is 0 Å². The molecule has 0 atom stereocenters. The van der Waals surface area contributed by atoms with Crippen molar-refractivity contribution in [3.8, 4) is 0 Å². The number of carbonyl (C=O) groups excluding carboxylic acids is 2. The molecule has 1 saturated carbocycles. The fourth-order valence-corrected chi connectivity index (χ4v) is 2.15. The molecule has 1 fully saturated rings. The molecular weight excluding hydrogens is 225 g/mol. The number of Topliss-reactive ketones (excluding diaryl/α,β-unsaturated/α-hetero) is 1. The first kappa shape index (κ1) is 13.0. The summed E-state index contributed by atoms with van der Waals surface area (Å²) in [6.45, 7) is 0. The third-order valence-corrected chi connectivity index (χ3v) is 2.98. The maximum atomic E-state index is 12.4. The minimum atomic E-state index is -4.98. The second kappa shape index (κ2) is 4.43. The number of ether oxygens (including phenoxy) is 1. The quantitative estimate of drug-likeness (QED) is 0.547. The molecule has 1 aliphatic carbocycles. The molecule has 1 aliphatic rings. The van der Waals surface area contributed by atoms with Gasteiger partial charge < -0.3 is 4.74 Å². The molecule has 0 N–H and O–H groups in total. The number of hydrogen-bond donors (Lipinski definition) is 0. The molecule has 0 radical (unpaired) electrons. The van der Waals surface area contributed by atoms with Gasteiger partial charge in [0, 0.05) is 0 Å². The summed E-state index contributed by atoms with van der Waals surface area (Å²) in [6.07, 6.45) is -3.50. The van der Waals surface area contributed by atoms with E-state index in [0.717, 1.165) is 13.5 Å². The molecule has 0 aromatic rings. The highest BCUT2D eigenvalue weighted by molar-refractivity contribution is 6.06. The van der Waals surface area contributed by atoms with Crippen LogP contribution in [0.3, 0.4) is 0 Å². The Morgan fingerprint density at radius 1 is 1.12 bits per heavy atom. The molecule has 0 aliphatic heterocycles. The first-order chi connectivity index (χ1) is 7.34. The van der Waals surface area contributed by atoms with Crippen molar-refractivity contribution in [2.75, 3.05) is 7.11 Å². The predicted molar refractivity (Wildman–Crippen MR) is 48.6 cm³/mol.